The molecule has 0 atom stereocenters. The Balaban J connectivity index is 1.36. The molecule has 0 unspecified atom stereocenters. The molecule has 4 aromatic rings. The monoisotopic (exact) mass is 593 g/mol. The maximum atomic E-state index is 12.3. The molecule has 42 heavy (non-hydrogen) atoms. The Bertz CT molecular complexity index is 1540. The van der Waals surface area contributed by atoms with Crippen LogP contribution in [0.3, 0.4) is 0 Å². The number of ether oxygens (including phenoxy) is 2. The number of aryl methyl sites for hydroxylation is 4. The summed E-state index contributed by atoms with van der Waals surface area (Å²) < 4.78 is 18.3. The summed E-state index contributed by atoms with van der Waals surface area (Å²) in [5.41, 5.74) is 5.34. The molecule has 0 radical (unpaired) electrons. The van der Waals surface area contributed by atoms with Gasteiger partial charge in [0.2, 0.25) is 0 Å². The summed E-state index contributed by atoms with van der Waals surface area (Å²) in [4.78, 5) is 17.4. The van der Waals surface area contributed by atoms with Crippen molar-refractivity contribution in [3.05, 3.63) is 64.3 Å². The van der Waals surface area contributed by atoms with Crippen LogP contribution in [-0.2, 0) is 17.6 Å². The summed E-state index contributed by atoms with van der Waals surface area (Å²) in [6.45, 7) is 9.51. The number of methoxy groups -OCH3 is 1. The number of carbonyl (C=O) groups is 1. The zero-order chi connectivity index (χ0) is 30.0. The molecule has 1 aromatic carbocycles. The highest BCUT2D eigenvalue weighted by Gasteiger charge is 2.26. The SMILES string of the molecule is COc1ccc(CCc2nc3cc(-c4c(C)noc4C)ccn3c2NC2CCC(NC(=O)OC(C)(C)C)CC2)cc1Cl. The second kappa shape index (κ2) is 12.3. The third-order valence-electron chi connectivity index (χ3n) is 7.68. The zero-order valence-electron chi connectivity index (χ0n) is 25.2. The second-order valence-electron chi connectivity index (χ2n) is 12.1. The van der Waals surface area contributed by atoms with E-state index in [4.69, 9.17) is 30.6 Å². The third kappa shape index (κ3) is 6.84. The van der Waals surface area contributed by atoms with Crippen molar-refractivity contribution in [2.24, 2.45) is 0 Å². The maximum Gasteiger partial charge on any atom is 0.407 e. The van der Waals surface area contributed by atoms with Gasteiger partial charge in [-0.05, 0) is 109 Å². The third-order valence-corrected chi connectivity index (χ3v) is 7.97. The minimum atomic E-state index is -0.509. The van der Waals surface area contributed by atoms with Crippen LogP contribution in [0.25, 0.3) is 16.8 Å². The van der Waals surface area contributed by atoms with Crippen LogP contribution < -0.4 is 15.4 Å². The van der Waals surface area contributed by atoms with Crippen LogP contribution in [-0.4, -0.2) is 45.4 Å². The number of hydrogen-bond acceptors (Lipinski definition) is 7. The molecule has 1 saturated carbocycles. The quantitative estimate of drug-likeness (QED) is 0.221. The Morgan fingerprint density at radius 1 is 1.10 bits per heavy atom. The van der Waals surface area contributed by atoms with Crippen LogP contribution in [0.2, 0.25) is 5.02 Å². The number of pyridine rings is 1. The van der Waals surface area contributed by atoms with Crippen LogP contribution in [0.5, 0.6) is 5.75 Å². The summed E-state index contributed by atoms with van der Waals surface area (Å²) in [5, 5.41) is 11.6. The largest absolute Gasteiger partial charge is 0.495 e. The molecule has 0 saturated heterocycles. The first-order valence-electron chi connectivity index (χ1n) is 14.5. The lowest BCUT2D eigenvalue weighted by Crippen LogP contribution is -2.42. The number of carbonyl (C=O) groups excluding carboxylic acids is 1. The number of rotatable bonds is 8. The highest BCUT2D eigenvalue weighted by Crippen LogP contribution is 2.32. The van der Waals surface area contributed by atoms with Gasteiger partial charge in [-0.2, -0.15) is 0 Å². The van der Waals surface area contributed by atoms with E-state index in [1.54, 1.807) is 7.11 Å². The molecular formula is C32H40ClN5O4. The molecule has 1 aliphatic rings. The van der Waals surface area contributed by atoms with Gasteiger partial charge in [0.1, 0.15) is 28.6 Å². The molecule has 5 rings (SSSR count). The number of halogens is 1. The van der Waals surface area contributed by atoms with Crippen molar-refractivity contribution >= 4 is 29.2 Å². The van der Waals surface area contributed by atoms with Crippen molar-refractivity contribution in [3.8, 4) is 16.9 Å². The number of fused-ring (bicyclic) bond motifs is 1. The molecule has 1 fully saturated rings. The van der Waals surface area contributed by atoms with Gasteiger partial charge in [-0.25, -0.2) is 9.78 Å². The average Bonchev–Trinajstić information content (AvgIpc) is 3.45. The van der Waals surface area contributed by atoms with Gasteiger partial charge < -0.3 is 24.6 Å². The number of anilines is 1. The normalized spacial score (nSPS) is 17.3. The number of aromatic nitrogens is 3. The Morgan fingerprint density at radius 3 is 2.48 bits per heavy atom. The van der Waals surface area contributed by atoms with Crippen molar-refractivity contribution in [1.29, 1.82) is 0 Å². The number of hydrogen-bond donors (Lipinski definition) is 2. The molecule has 1 amide bonds. The molecule has 224 valence electrons. The first kappa shape index (κ1) is 29.8. The van der Waals surface area contributed by atoms with Gasteiger partial charge in [0.05, 0.1) is 23.5 Å². The van der Waals surface area contributed by atoms with E-state index in [9.17, 15) is 4.79 Å². The van der Waals surface area contributed by atoms with Gasteiger partial charge >= 0.3 is 6.09 Å². The lowest BCUT2D eigenvalue weighted by atomic mass is 9.91. The fourth-order valence-corrected chi connectivity index (χ4v) is 5.93. The number of alkyl carbamates (subject to hydrolysis) is 1. The Morgan fingerprint density at radius 2 is 1.83 bits per heavy atom. The van der Waals surface area contributed by atoms with Crippen LogP contribution in [0.1, 0.15) is 69.2 Å². The fourth-order valence-electron chi connectivity index (χ4n) is 5.65. The molecule has 1 aliphatic carbocycles. The standard InChI is InChI=1S/C32H40ClN5O4/c1-19-29(20(2)42-37-19)22-15-16-38-28(18-22)36-26(13-7-21-8-14-27(40-6)25(33)17-21)30(38)34-23-9-11-24(12-10-23)35-31(39)41-32(3,4)5/h8,14-18,23-24,34H,7,9-13H2,1-6H3,(H,35,39). The summed E-state index contributed by atoms with van der Waals surface area (Å²) in [7, 11) is 1.62. The first-order chi connectivity index (χ1) is 20.0. The second-order valence-corrected chi connectivity index (χ2v) is 12.5. The highest BCUT2D eigenvalue weighted by molar-refractivity contribution is 6.32. The van der Waals surface area contributed by atoms with E-state index < -0.39 is 5.60 Å². The number of imidazole rings is 1. The first-order valence-corrected chi connectivity index (χ1v) is 14.9. The molecule has 3 aromatic heterocycles. The molecule has 0 spiro atoms. The van der Waals surface area contributed by atoms with Gasteiger partial charge in [-0.3, -0.25) is 4.40 Å². The van der Waals surface area contributed by atoms with E-state index >= 15 is 0 Å². The zero-order valence-corrected chi connectivity index (χ0v) is 26.0. The summed E-state index contributed by atoms with van der Waals surface area (Å²) in [5.74, 6) is 2.45. The highest BCUT2D eigenvalue weighted by atomic mass is 35.5. The molecule has 0 aliphatic heterocycles. The molecule has 3 heterocycles. The van der Waals surface area contributed by atoms with E-state index in [2.05, 4.69) is 38.5 Å². The summed E-state index contributed by atoms with van der Waals surface area (Å²) in [6, 6.07) is 10.4. The van der Waals surface area contributed by atoms with E-state index in [1.165, 1.54) is 0 Å². The Labute approximate surface area is 251 Å². The Hall–Kier alpha value is -3.72. The van der Waals surface area contributed by atoms with Crippen molar-refractivity contribution in [3.63, 3.8) is 0 Å². The van der Waals surface area contributed by atoms with Crippen molar-refractivity contribution < 1.29 is 18.8 Å². The number of nitrogens with zero attached hydrogens (tertiary/aromatic N) is 3. The minimum Gasteiger partial charge on any atom is -0.495 e. The van der Waals surface area contributed by atoms with Crippen LogP contribution >= 0.6 is 11.6 Å². The number of nitrogens with one attached hydrogen (secondary N) is 2. The van der Waals surface area contributed by atoms with Crippen molar-refractivity contribution in [1.82, 2.24) is 19.9 Å². The fraction of sp³-hybridized carbons (Fsp3) is 0.469. The van der Waals surface area contributed by atoms with E-state index in [-0.39, 0.29) is 18.2 Å². The summed E-state index contributed by atoms with van der Waals surface area (Å²) >= 11 is 6.40. The van der Waals surface area contributed by atoms with Crippen molar-refractivity contribution in [2.75, 3.05) is 12.4 Å². The van der Waals surface area contributed by atoms with E-state index in [0.29, 0.717) is 10.8 Å². The van der Waals surface area contributed by atoms with Crippen LogP contribution in [0.4, 0.5) is 10.6 Å². The van der Waals surface area contributed by atoms with Gasteiger partial charge in [0.25, 0.3) is 0 Å². The summed E-state index contributed by atoms with van der Waals surface area (Å²) in [6.07, 6.45) is 6.85. The smallest absolute Gasteiger partial charge is 0.407 e. The average molecular weight is 594 g/mol. The van der Waals surface area contributed by atoms with Gasteiger partial charge in [-0.1, -0.05) is 22.8 Å². The minimum absolute atomic E-state index is 0.108. The maximum absolute atomic E-state index is 12.3. The Kier molecular flexibility index (Phi) is 8.68. The van der Waals surface area contributed by atoms with Crippen molar-refractivity contribution in [2.45, 2.75) is 90.8 Å². The topological polar surface area (TPSA) is 103 Å². The predicted molar refractivity (Wildman–Crippen MR) is 165 cm³/mol. The molecule has 10 heteroatoms. The van der Waals surface area contributed by atoms with Gasteiger partial charge in [0, 0.05) is 23.8 Å². The predicted octanol–water partition coefficient (Wildman–Crippen LogP) is 7.30. The van der Waals surface area contributed by atoms with Gasteiger partial charge in [0.15, 0.2) is 0 Å². The van der Waals surface area contributed by atoms with Crippen LogP contribution in [0, 0.1) is 13.8 Å². The molecular weight excluding hydrogens is 554 g/mol. The lowest BCUT2D eigenvalue weighted by molar-refractivity contribution is 0.0492. The molecule has 9 nitrogen and oxygen atoms in total. The molecule has 2 N–H and O–H groups in total. The number of benzene rings is 1. The van der Waals surface area contributed by atoms with Crippen LogP contribution in [0.15, 0.2) is 41.1 Å². The molecule has 0 bridgehead atoms. The van der Waals surface area contributed by atoms with E-state index in [1.807, 2.05) is 52.8 Å². The van der Waals surface area contributed by atoms with E-state index in [0.717, 1.165) is 83.8 Å². The van der Waals surface area contributed by atoms with Gasteiger partial charge in [-0.15, -0.1) is 0 Å². The lowest BCUT2D eigenvalue weighted by Gasteiger charge is -2.31. The number of amides is 1.